The smallest absolute Gasteiger partial charge is 0.344 e. The van der Waals surface area contributed by atoms with Gasteiger partial charge in [-0.3, -0.25) is 0 Å². The van der Waals surface area contributed by atoms with Crippen LogP contribution >= 0.6 is 23.2 Å². The lowest BCUT2D eigenvalue weighted by atomic mass is 10.2. The Morgan fingerprint density at radius 2 is 2.11 bits per heavy atom. The van der Waals surface area contributed by atoms with E-state index in [-0.39, 0.29) is 0 Å². The highest BCUT2D eigenvalue weighted by atomic mass is 35.5. The van der Waals surface area contributed by atoms with Gasteiger partial charge < -0.3 is 15.2 Å². The fourth-order valence-electron chi connectivity index (χ4n) is 1.59. The molecule has 4 nitrogen and oxygen atoms in total. The summed E-state index contributed by atoms with van der Waals surface area (Å²) >= 11 is 12.0. The summed E-state index contributed by atoms with van der Waals surface area (Å²) in [6, 6.07) is 3.27. The number of benzene rings is 1. The number of hydrogen-bond donors (Lipinski definition) is 2. The molecule has 1 aromatic rings. The maximum Gasteiger partial charge on any atom is 0.344 e. The number of nitrogens with one attached hydrogen (secondary N) is 1. The predicted molar refractivity (Wildman–Crippen MR) is 76.2 cm³/mol. The Hall–Kier alpha value is -0.970. The van der Waals surface area contributed by atoms with E-state index in [9.17, 15) is 4.79 Å². The summed E-state index contributed by atoms with van der Waals surface area (Å²) in [5, 5.41) is 13.0. The van der Waals surface area contributed by atoms with Crippen LogP contribution < -0.4 is 10.1 Å². The number of ether oxygens (including phenoxy) is 1. The minimum atomic E-state index is -1.01. The summed E-state index contributed by atoms with van der Waals surface area (Å²) in [7, 11) is 0. The first-order chi connectivity index (χ1) is 8.99. The first-order valence-corrected chi connectivity index (χ1v) is 6.83. The molecule has 6 heteroatoms. The minimum absolute atomic E-state index is 0.320. The molecule has 1 atom stereocenters. The zero-order chi connectivity index (χ0) is 14.4. The number of aliphatic carboxylic acids is 1. The molecule has 0 amide bonds. The van der Waals surface area contributed by atoms with E-state index in [2.05, 4.69) is 5.32 Å². The average molecular weight is 306 g/mol. The number of rotatable bonds is 7. The van der Waals surface area contributed by atoms with E-state index in [1.807, 2.05) is 6.92 Å². The summed E-state index contributed by atoms with van der Waals surface area (Å²) in [6.45, 7) is 5.01. The van der Waals surface area contributed by atoms with E-state index in [0.717, 1.165) is 12.1 Å². The van der Waals surface area contributed by atoms with Gasteiger partial charge in [0, 0.05) is 17.1 Å². The van der Waals surface area contributed by atoms with Gasteiger partial charge in [-0.25, -0.2) is 4.79 Å². The van der Waals surface area contributed by atoms with Gasteiger partial charge in [0.05, 0.1) is 5.02 Å². The maximum atomic E-state index is 11.0. The van der Waals surface area contributed by atoms with Crippen molar-refractivity contribution in [1.29, 1.82) is 0 Å². The molecule has 19 heavy (non-hydrogen) atoms. The van der Waals surface area contributed by atoms with Crippen LogP contribution in [0.5, 0.6) is 5.75 Å². The largest absolute Gasteiger partial charge is 0.479 e. The average Bonchev–Trinajstić information content (AvgIpc) is 2.34. The summed E-state index contributed by atoms with van der Waals surface area (Å²) in [5.41, 5.74) is 0.749. The summed E-state index contributed by atoms with van der Waals surface area (Å²) in [4.78, 5) is 11.0. The Kier molecular flexibility index (Phi) is 6.42. The quantitative estimate of drug-likeness (QED) is 0.811. The van der Waals surface area contributed by atoms with Crippen LogP contribution in [0.3, 0.4) is 0 Å². The van der Waals surface area contributed by atoms with Gasteiger partial charge in [-0.15, -0.1) is 0 Å². The lowest BCUT2D eigenvalue weighted by molar-refractivity contribution is -0.145. The molecule has 1 unspecified atom stereocenters. The van der Waals surface area contributed by atoms with Gasteiger partial charge >= 0.3 is 5.97 Å². The highest BCUT2D eigenvalue weighted by Crippen LogP contribution is 2.33. The molecular formula is C13H17Cl2NO3. The second-order valence-electron chi connectivity index (χ2n) is 4.01. The molecule has 0 saturated carbocycles. The van der Waals surface area contributed by atoms with Crippen molar-refractivity contribution in [3.8, 4) is 5.75 Å². The van der Waals surface area contributed by atoms with Crippen LogP contribution in [0.25, 0.3) is 0 Å². The molecule has 0 aliphatic rings. The Morgan fingerprint density at radius 3 is 2.63 bits per heavy atom. The van der Waals surface area contributed by atoms with E-state index < -0.39 is 12.1 Å². The lowest BCUT2D eigenvalue weighted by Gasteiger charge is -2.18. The van der Waals surface area contributed by atoms with Crippen LogP contribution in [0.1, 0.15) is 25.8 Å². The number of carboxylic acids is 1. The zero-order valence-electron chi connectivity index (χ0n) is 10.9. The molecule has 0 radical (unpaired) electrons. The molecule has 2 N–H and O–H groups in total. The normalized spacial score (nSPS) is 12.2. The molecule has 0 aromatic heterocycles. The summed E-state index contributed by atoms with van der Waals surface area (Å²) in [5.74, 6) is -0.635. The molecule has 0 bridgehead atoms. The standard InChI is InChI=1S/C13H17Cl2NO3/c1-3-11(13(17)18)19-12-8(7-16-4-2)5-9(14)6-10(12)15/h5-6,11,16H,3-4,7H2,1-2H3,(H,17,18). The molecular weight excluding hydrogens is 289 g/mol. The van der Waals surface area contributed by atoms with Crippen molar-refractivity contribution in [2.24, 2.45) is 0 Å². The van der Waals surface area contributed by atoms with Gasteiger partial charge in [-0.05, 0) is 25.1 Å². The van der Waals surface area contributed by atoms with Gasteiger partial charge in [0.2, 0.25) is 0 Å². The molecule has 0 aliphatic heterocycles. The van der Waals surface area contributed by atoms with Gasteiger partial charge in [0.15, 0.2) is 6.10 Å². The van der Waals surface area contributed by atoms with Gasteiger partial charge in [-0.2, -0.15) is 0 Å². The zero-order valence-corrected chi connectivity index (χ0v) is 12.4. The van der Waals surface area contributed by atoms with Crippen LogP contribution in [-0.4, -0.2) is 23.7 Å². The molecule has 0 aliphatic carbocycles. The van der Waals surface area contributed by atoms with Crippen LogP contribution in [0.4, 0.5) is 0 Å². The molecule has 0 fully saturated rings. The fourth-order valence-corrected chi connectivity index (χ4v) is 2.17. The maximum absolute atomic E-state index is 11.0. The second kappa shape index (κ2) is 7.58. The molecule has 106 valence electrons. The SMILES string of the molecule is CCNCc1cc(Cl)cc(Cl)c1OC(CC)C(=O)O. The third kappa shape index (κ3) is 4.56. The molecule has 0 saturated heterocycles. The van der Waals surface area contributed by atoms with Gasteiger partial charge in [-0.1, -0.05) is 37.0 Å². The van der Waals surface area contributed by atoms with Crippen LogP contribution in [0, 0.1) is 0 Å². The Labute approximate surface area is 122 Å². The molecule has 1 rings (SSSR count). The monoisotopic (exact) mass is 305 g/mol. The number of halogens is 2. The van der Waals surface area contributed by atoms with Crippen molar-refractivity contribution >= 4 is 29.2 Å². The van der Waals surface area contributed by atoms with Crippen molar-refractivity contribution < 1.29 is 14.6 Å². The van der Waals surface area contributed by atoms with Gasteiger partial charge in [0.25, 0.3) is 0 Å². The van der Waals surface area contributed by atoms with Crippen LogP contribution in [-0.2, 0) is 11.3 Å². The topological polar surface area (TPSA) is 58.6 Å². The van der Waals surface area contributed by atoms with Crippen molar-refractivity contribution in [2.75, 3.05) is 6.54 Å². The summed E-state index contributed by atoms with van der Waals surface area (Å²) in [6.07, 6.45) is -0.561. The third-order valence-corrected chi connectivity index (χ3v) is 3.06. The highest BCUT2D eigenvalue weighted by Gasteiger charge is 2.20. The number of carbonyl (C=O) groups is 1. The predicted octanol–water partition coefficient (Wildman–Crippen LogP) is 3.34. The summed E-state index contributed by atoms with van der Waals surface area (Å²) < 4.78 is 5.51. The lowest BCUT2D eigenvalue weighted by Crippen LogP contribution is -2.27. The Bertz CT molecular complexity index is 452. The number of carboxylic acid groups (broad SMARTS) is 1. The van der Waals surface area contributed by atoms with E-state index in [1.165, 1.54) is 0 Å². The first kappa shape index (κ1) is 16.1. The molecule has 0 heterocycles. The van der Waals surface area contributed by atoms with E-state index in [4.69, 9.17) is 33.0 Å². The first-order valence-electron chi connectivity index (χ1n) is 6.07. The van der Waals surface area contributed by atoms with Crippen molar-refractivity contribution in [1.82, 2.24) is 5.32 Å². The molecule has 1 aromatic carbocycles. The Balaban J connectivity index is 3.05. The fraction of sp³-hybridized carbons (Fsp3) is 0.462. The van der Waals surface area contributed by atoms with Crippen molar-refractivity contribution in [3.05, 3.63) is 27.7 Å². The van der Waals surface area contributed by atoms with Crippen LogP contribution in [0.15, 0.2) is 12.1 Å². The third-order valence-electron chi connectivity index (χ3n) is 2.56. The van der Waals surface area contributed by atoms with Crippen molar-refractivity contribution in [3.63, 3.8) is 0 Å². The van der Waals surface area contributed by atoms with Crippen LogP contribution in [0.2, 0.25) is 10.0 Å². The molecule has 0 spiro atoms. The number of hydrogen-bond acceptors (Lipinski definition) is 3. The van der Waals surface area contributed by atoms with E-state index in [1.54, 1.807) is 19.1 Å². The van der Waals surface area contributed by atoms with E-state index in [0.29, 0.717) is 28.8 Å². The van der Waals surface area contributed by atoms with E-state index >= 15 is 0 Å². The highest BCUT2D eigenvalue weighted by molar-refractivity contribution is 6.35. The minimum Gasteiger partial charge on any atom is -0.479 e. The Morgan fingerprint density at radius 1 is 1.42 bits per heavy atom. The second-order valence-corrected chi connectivity index (χ2v) is 4.85. The van der Waals surface area contributed by atoms with Crippen molar-refractivity contribution in [2.45, 2.75) is 32.9 Å². The van der Waals surface area contributed by atoms with Gasteiger partial charge in [0.1, 0.15) is 5.75 Å².